The fraction of sp³-hybridized carbons (Fsp3) is 0.316. The van der Waals surface area contributed by atoms with Crippen LogP contribution in [0.15, 0.2) is 30.3 Å². The van der Waals surface area contributed by atoms with Gasteiger partial charge < -0.3 is 10.1 Å². The number of fused-ring (bicyclic) bond motifs is 1. The summed E-state index contributed by atoms with van der Waals surface area (Å²) in [7, 11) is 0. The van der Waals surface area contributed by atoms with E-state index >= 15 is 0 Å². The summed E-state index contributed by atoms with van der Waals surface area (Å²) in [6, 6.07) is 8.46. The van der Waals surface area contributed by atoms with E-state index in [1.54, 1.807) is 28.8 Å². The van der Waals surface area contributed by atoms with E-state index in [0.717, 1.165) is 17.8 Å². The predicted octanol–water partition coefficient (Wildman–Crippen LogP) is 2.49. The zero-order valence-corrected chi connectivity index (χ0v) is 15.5. The van der Waals surface area contributed by atoms with Crippen molar-refractivity contribution in [3.63, 3.8) is 0 Å². The van der Waals surface area contributed by atoms with Gasteiger partial charge in [-0.1, -0.05) is 6.92 Å². The summed E-state index contributed by atoms with van der Waals surface area (Å²) in [6.07, 6.45) is 0.799. The lowest BCUT2D eigenvalue weighted by molar-refractivity contribution is -0.115. The Morgan fingerprint density at radius 3 is 2.59 bits per heavy atom. The molecule has 140 valence electrons. The molecule has 0 radical (unpaired) electrons. The van der Waals surface area contributed by atoms with Gasteiger partial charge in [0.15, 0.2) is 5.82 Å². The normalized spacial score (nSPS) is 10.8. The molecule has 1 amide bonds. The van der Waals surface area contributed by atoms with Crippen molar-refractivity contribution < 1.29 is 14.3 Å². The Kier molecular flexibility index (Phi) is 5.44. The average molecular weight is 367 g/mol. The van der Waals surface area contributed by atoms with Crippen LogP contribution in [0.2, 0.25) is 0 Å². The van der Waals surface area contributed by atoms with Crippen LogP contribution >= 0.6 is 0 Å². The quantitative estimate of drug-likeness (QED) is 0.672. The second kappa shape index (κ2) is 7.94. The first-order chi connectivity index (χ1) is 13.0. The second-order valence-electron chi connectivity index (χ2n) is 6.22. The molecule has 0 unspecified atom stereocenters. The number of nitrogens with zero attached hydrogens (tertiary/aromatic N) is 4. The van der Waals surface area contributed by atoms with Gasteiger partial charge in [-0.15, -0.1) is 5.10 Å². The monoisotopic (exact) mass is 367 g/mol. The number of ether oxygens (including phenoxy) is 1. The largest absolute Gasteiger partial charge is 0.462 e. The van der Waals surface area contributed by atoms with Crippen LogP contribution in [0, 0.1) is 13.8 Å². The van der Waals surface area contributed by atoms with Crippen LogP contribution in [0.5, 0.6) is 0 Å². The molecule has 0 atom stereocenters. The standard InChI is InChI=1S/C19H21N5O3/c1-4-9-27-18(26)14-5-7-15(8-6-14)21-17(25)11-16-22-19-20-12(2)10-13(3)24(19)23-16/h5-8,10H,4,9,11H2,1-3H3,(H,21,25). The Hall–Kier alpha value is -3.29. The number of benzene rings is 1. The van der Waals surface area contributed by atoms with Crippen LogP contribution < -0.4 is 5.32 Å². The van der Waals surface area contributed by atoms with Gasteiger partial charge in [-0.05, 0) is 50.6 Å². The summed E-state index contributed by atoms with van der Waals surface area (Å²) in [4.78, 5) is 32.6. The minimum absolute atomic E-state index is 0.0299. The van der Waals surface area contributed by atoms with Crippen molar-refractivity contribution in [2.75, 3.05) is 11.9 Å². The Labute approximate surface area is 156 Å². The highest BCUT2D eigenvalue weighted by Gasteiger charge is 2.12. The first-order valence-electron chi connectivity index (χ1n) is 8.73. The predicted molar refractivity (Wildman–Crippen MR) is 99.6 cm³/mol. The molecular formula is C19H21N5O3. The molecule has 1 N–H and O–H groups in total. The number of carbonyl (C=O) groups excluding carboxylic acids is 2. The van der Waals surface area contributed by atoms with Crippen LogP contribution in [0.3, 0.4) is 0 Å². The van der Waals surface area contributed by atoms with Crippen molar-refractivity contribution in [2.45, 2.75) is 33.6 Å². The Morgan fingerprint density at radius 2 is 1.89 bits per heavy atom. The maximum Gasteiger partial charge on any atom is 0.338 e. The fourth-order valence-electron chi connectivity index (χ4n) is 2.60. The molecule has 2 heterocycles. The van der Waals surface area contributed by atoms with Crippen molar-refractivity contribution in [3.8, 4) is 0 Å². The molecule has 3 aromatic rings. The second-order valence-corrected chi connectivity index (χ2v) is 6.22. The van der Waals surface area contributed by atoms with Crippen molar-refractivity contribution in [2.24, 2.45) is 0 Å². The molecule has 3 rings (SSSR count). The summed E-state index contributed by atoms with van der Waals surface area (Å²) < 4.78 is 6.69. The number of esters is 1. The lowest BCUT2D eigenvalue weighted by Gasteiger charge is -2.06. The first-order valence-corrected chi connectivity index (χ1v) is 8.73. The van der Waals surface area contributed by atoms with Gasteiger partial charge in [-0.3, -0.25) is 4.79 Å². The summed E-state index contributed by atoms with van der Waals surface area (Å²) in [5.74, 6) is 0.252. The third-order valence-electron chi connectivity index (χ3n) is 3.82. The van der Waals surface area contributed by atoms with Gasteiger partial charge in [0, 0.05) is 17.1 Å². The lowest BCUT2D eigenvalue weighted by atomic mass is 10.2. The molecular weight excluding hydrogens is 346 g/mol. The molecule has 0 saturated heterocycles. The van der Waals surface area contributed by atoms with E-state index in [9.17, 15) is 9.59 Å². The number of carbonyl (C=O) groups is 2. The lowest BCUT2D eigenvalue weighted by Crippen LogP contribution is -2.15. The van der Waals surface area contributed by atoms with Crippen LogP contribution in [0.4, 0.5) is 5.69 Å². The van der Waals surface area contributed by atoms with Gasteiger partial charge in [0.2, 0.25) is 5.91 Å². The van der Waals surface area contributed by atoms with E-state index in [-0.39, 0.29) is 18.3 Å². The van der Waals surface area contributed by atoms with E-state index in [0.29, 0.717) is 29.5 Å². The number of nitrogens with one attached hydrogen (secondary N) is 1. The van der Waals surface area contributed by atoms with Crippen LogP contribution in [-0.2, 0) is 16.0 Å². The number of aromatic nitrogens is 4. The molecule has 1 aromatic carbocycles. The number of hydrogen-bond acceptors (Lipinski definition) is 6. The molecule has 0 bridgehead atoms. The molecule has 2 aromatic heterocycles. The summed E-state index contributed by atoms with van der Waals surface area (Å²) in [6.45, 7) is 6.11. The highest BCUT2D eigenvalue weighted by atomic mass is 16.5. The number of aryl methyl sites for hydroxylation is 2. The highest BCUT2D eigenvalue weighted by Crippen LogP contribution is 2.12. The minimum Gasteiger partial charge on any atom is -0.462 e. The number of amides is 1. The topological polar surface area (TPSA) is 98.5 Å². The third kappa shape index (κ3) is 4.46. The Balaban J connectivity index is 1.64. The maximum absolute atomic E-state index is 12.3. The van der Waals surface area contributed by atoms with Crippen molar-refractivity contribution in [1.29, 1.82) is 0 Å². The smallest absolute Gasteiger partial charge is 0.338 e. The maximum atomic E-state index is 12.3. The van der Waals surface area contributed by atoms with E-state index in [4.69, 9.17) is 4.74 Å². The number of rotatable bonds is 6. The molecule has 0 fully saturated rings. The molecule has 0 aliphatic heterocycles. The van der Waals surface area contributed by atoms with Gasteiger partial charge in [0.05, 0.1) is 18.6 Å². The molecule has 27 heavy (non-hydrogen) atoms. The average Bonchev–Trinajstić information content (AvgIpc) is 3.02. The summed E-state index contributed by atoms with van der Waals surface area (Å²) in [5.41, 5.74) is 2.78. The summed E-state index contributed by atoms with van der Waals surface area (Å²) in [5, 5.41) is 7.09. The highest BCUT2D eigenvalue weighted by molar-refractivity contribution is 5.93. The fourth-order valence-corrected chi connectivity index (χ4v) is 2.60. The molecule has 0 aliphatic carbocycles. The van der Waals surface area contributed by atoms with Gasteiger partial charge in [0.1, 0.15) is 0 Å². The zero-order chi connectivity index (χ0) is 19.4. The molecule has 8 heteroatoms. The number of hydrogen-bond donors (Lipinski definition) is 1. The van der Waals surface area contributed by atoms with Crippen molar-refractivity contribution in [1.82, 2.24) is 19.6 Å². The molecule has 8 nitrogen and oxygen atoms in total. The van der Waals surface area contributed by atoms with Crippen LogP contribution in [0.25, 0.3) is 5.78 Å². The third-order valence-corrected chi connectivity index (χ3v) is 3.82. The van der Waals surface area contributed by atoms with Gasteiger partial charge in [-0.25, -0.2) is 14.3 Å². The number of anilines is 1. The Morgan fingerprint density at radius 1 is 1.15 bits per heavy atom. The first kappa shape index (κ1) is 18.5. The van der Waals surface area contributed by atoms with Gasteiger partial charge >= 0.3 is 5.97 Å². The minimum atomic E-state index is -0.373. The van der Waals surface area contributed by atoms with E-state index in [1.807, 2.05) is 26.8 Å². The van der Waals surface area contributed by atoms with Crippen molar-refractivity contribution in [3.05, 3.63) is 53.1 Å². The zero-order valence-electron chi connectivity index (χ0n) is 15.5. The van der Waals surface area contributed by atoms with E-state index in [1.165, 1.54) is 0 Å². The molecule has 0 spiro atoms. The molecule has 0 saturated carbocycles. The van der Waals surface area contributed by atoms with Gasteiger partial charge in [-0.2, -0.15) is 4.98 Å². The Bertz CT molecular complexity index is 979. The van der Waals surface area contributed by atoms with Crippen molar-refractivity contribution >= 4 is 23.3 Å². The summed E-state index contributed by atoms with van der Waals surface area (Å²) >= 11 is 0. The van der Waals surface area contributed by atoms with Crippen LogP contribution in [0.1, 0.15) is 40.9 Å². The van der Waals surface area contributed by atoms with E-state index in [2.05, 4.69) is 20.4 Å². The van der Waals surface area contributed by atoms with Crippen LogP contribution in [-0.4, -0.2) is 38.1 Å². The SMILES string of the molecule is CCCOC(=O)c1ccc(NC(=O)Cc2nc3nc(C)cc(C)n3n2)cc1. The van der Waals surface area contributed by atoms with E-state index < -0.39 is 0 Å². The van der Waals surface area contributed by atoms with Gasteiger partial charge in [0.25, 0.3) is 5.78 Å². The molecule has 0 aliphatic rings.